The van der Waals surface area contributed by atoms with Gasteiger partial charge in [0.1, 0.15) is 19.0 Å². The predicted molar refractivity (Wildman–Crippen MR) is 65.5 cm³/mol. The van der Waals surface area contributed by atoms with E-state index >= 15 is 0 Å². The fourth-order valence-electron chi connectivity index (χ4n) is 1.29. The molecule has 1 heterocycles. The number of nitrogens with zero attached hydrogens (tertiary/aromatic N) is 2. The predicted octanol–water partition coefficient (Wildman–Crippen LogP) is 1.35. The van der Waals surface area contributed by atoms with Gasteiger partial charge in [0.05, 0.1) is 7.05 Å². The molecule has 0 saturated heterocycles. The summed E-state index contributed by atoms with van der Waals surface area (Å²) in [6.07, 6.45) is 3.52. The highest BCUT2D eigenvalue weighted by molar-refractivity contribution is 7.85. The number of imidazole rings is 1. The molecule has 0 atom stereocenters. The molecule has 5 nitrogen and oxygen atoms in total. The van der Waals surface area contributed by atoms with Gasteiger partial charge in [-0.1, -0.05) is 45.7 Å². The topological polar surface area (TPSA) is 52.2 Å². The first-order valence-corrected chi connectivity index (χ1v) is 7.20. The Morgan fingerprint density at radius 1 is 1.47 bits per heavy atom. The third kappa shape index (κ3) is 3.99. The minimum absolute atomic E-state index is 0.528. The maximum atomic E-state index is 11.8. The first kappa shape index (κ1) is 15.0. The average Bonchev–Trinajstić information content (AvgIpc) is 2.56. The SMILES string of the molecule is CCc1n(S(=O)(=O)OCC(Cl)(Cl)Cl)cc[n+]1C. The van der Waals surface area contributed by atoms with Crippen molar-refractivity contribution in [2.45, 2.75) is 17.1 Å². The maximum Gasteiger partial charge on any atom is 0.442 e. The molecule has 0 aromatic carbocycles. The molecule has 0 unspecified atom stereocenters. The highest BCUT2D eigenvalue weighted by Gasteiger charge is 2.30. The Bertz CT molecular complexity index is 493. The molecule has 9 heteroatoms. The second kappa shape index (κ2) is 5.32. The Morgan fingerprint density at radius 3 is 2.53 bits per heavy atom. The van der Waals surface area contributed by atoms with Crippen LogP contribution in [0.25, 0.3) is 0 Å². The summed E-state index contributed by atoms with van der Waals surface area (Å²) in [6, 6.07) is 0. The van der Waals surface area contributed by atoms with E-state index in [-0.39, 0.29) is 0 Å². The zero-order valence-corrected chi connectivity index (χ0v) is 12.3. The second-order valence-electron chi connectivity index (χ2n) is 3.31. The van der Waals surface area contributed by atoms with E-state index in [9.17, 15) is 8.42 Å². The summed E-state index contributed by atoms with van der Waals surface area (Å²) in [5.41, 5.74) is 0. The number of halogens is 3. The number of alkyl halides is 3. The smallest absolute Gasteiger partial charge is 0.236 e. The van der Waals surface area contributed by atoms with E-state index < -0.39 is 20.7 Å². The summed E-state index contributed by atoms with van der Waals surface area (Å²) >= 11 is 16.3. The van der Waals surface area contributed by atoms with Crippen LogP contribution in [0.5, 0.6) is 0 Å². The van der Waals surface area contributed by atoms with Gasteiger partial charge in [-0.3, -0.25) is 0 Å². The van der Waals surface area contributed by atoms with Crippen LogP contribution in [0.3, 0.4) is 0 Å². The minimum Gasteiger partial charge on any atom is -0.236 e. The van der Waals surface area contributed by atoms with Crippen LogP contribution in [0.4, 0.5) is 0 Å². The van der Waals surface area contributed by atoms with Gasteiger partial charge < -0.3 is 0 Å². The lowest BCUT2D eigenvalue weighted by atomic mass is 10.5. The largest absolute Gasteiger partial charge is 0.442 e. The quantitative estimate of drug-likeness (QED) is 0.621. The Morgan fingerprint density at radius 2 is 2.06 bits per heavy atom. The third-order valence-electron chi connectivity index (χ3n) is 2.02. The van der Waals surface area contributed by atoms with Crippen molar-refractivity contribution >= 4 is 45.1 Å². The van der Waals surface area contributed by atoms with Gasteiger partial charge >= 0.3 is 10.3 Å². The Hall–Kier alpha value is -0.0100. The van der Waals surface area contributed by atoms with Gasteiger partial charge in [-0.2, -0.15) is 8.42 Å². The van der Waals surface area contributed by atoms with Crippen LogP contribution >= 0.6 is 34.8 Å². The van der Waals surface area contributed by atoms with Gasteiger partial charge in [0.15, 0.2) is 0 Å². The van der Waals surface area contributed by atoms with Gasteiger partial charge in [0.25, 0.3) is 5.82 Å². The lowest BCUT2D eigenvalue weighted by molar-refractivity contribution is -0.678. The average molecular weight is 323 g/mol. The normalized spacial score (nSPS) is 13.0. The third-order valence-corrected chi connectivity index (χ3v) is 3.57. The molecule has 0 spiro atoms. The van der Waals surface area contributed by atoms with E-state index in [0.717, 1.165) is 3.97 Å². The van der Waals surface area contributed by atoms with E-state index in [4.69, 9.17) is 34.8 Å². The first-order chi connectivity index (χ1) is 7.67. The van der Waals surface area contributed by atoms with Crippen molar-refractivity contribution in [1.29, 1.82) is 0 Å². The summed E-state index contributed by atoms with van der Waals surface area (Å²) in [6.45, 7) is 1.29. The van der Waals surface area contributed by atoms with Gasteiger partial charge in [-0.25, -0.2) is 8.75 Å². The number of hydrogen-bond donors (Lipinski definition) is 0. The van der Waals surface area contributed by atoms with Crippen molar-refractivity contribution in [3.63, 3.8) is 0 Å². The molecular weight excluding hydrogens is 311 g/mol. The van der Waals surface area contributed by atoms with Crippen LogP contribution in [0, 0.1) is 0 Å². The summed E-state index contributed by atoms with van der Waals surface area (Å²) in [7, 11) is -2.24. The maximum absolute atomic E-state index is 11.8. The van der Waals surface area contributed by atoms with Gasteiger partial charge in [0, 0.05) is 6.42 Å². The van der Waals surface area contributed by atoms with Crippen LogP contribution in [0.15, 0.2) is 12.4 Å². The fraction of sp³-hybridized carbons (Fsp3) is 0.625. The van der Waals surface area contributed by atoms with E-state index in [2.05, 4.69) is 4.18 Å². The summed E-state index contributed by atoms with van der Waals surface area (Å²) in [5.74, 6) is 0.564. The summed E-state index contributed by atoms with van der Waals surface area (Å²) in [5, 5.41) is 0. The molecule has 0 fully saturated rings. The van der Waals surface area contributed by atoms with E-state index in [0.29, 0.717) is 12.2 Å². The van der Waals surface area contributed by atoms with Crippen LogP contribution in [-0.2, 0) is 28.0 Å². The van der Waals surface area contributed by atoms with Crippen molar-refractivity contribution < 1.29 is 17.2 Å². The highest BCUT2D eigenvalue weighted by Crippen LogP contribution is 2.26. The molecule has 1 aromatic rings. The van der Waals surface area contributed by atoms with Gasteiger partial charge in [-0.15, -0.1) is 0 Å². The molecule has 0 amide bonds. The van der Waals surface area contributed by atoms with Gasteiger partial charge in [0.2, 0.25) is 3.79 Å². The van der Waals surface area contributed by atoms with Crippen molar-refractivity contribution in [3.8, 4) is 0 Å². The molecule has 0 saturated carbocycles. The van der Waals surface area contributed by atoms with Crippen LogP contribution in [0.1, 0.15) is 12.7 Å². The van der Waals surface area contributed by atoms with Crippen molar-refractivity contribution in [3.05, 3.63) is 18.2 Å². The van der Waals surface area contributed by atoms with E-state index in [1.54, 1.807) is 17.8 Å². The second-order valence-corrected chi connectivity index (χ2v) is 7.31. The van der Waals surface area contributed by atoms with Crippen LogP contribution in [0.2, 0.25) is 0 Å². The van der Waals surface area contributed by atoms with E-state index in [1.807, 2.05) is 6.92 Å². The highest BCUT2D eigenvalue weighted by atomic mass is 35.6. The Balaban J connectivity index is 2.98. The molecule has 0 N–H and O–H groups in total. The zero-order chi connectivity index (χ0) is 13.3. The molecule has 0 aliphatic carbocycles. The number of rotatable bonds is 4. The van der Waals surface area contributed by atoms with Gasteiger partial charge in [-0.05, 0) is 0 Å². The standard InChI is InChI=1S/C8H12Cl3N2O3S/c1-3-7-12(2)4-5-13(7)17(14,15)16-6-8(9,10)11/h4-5H,3,6H2,1-2H3/q+1. The number of aryl methyl sites for hydroxylation is 1. The summed E-state index contributed by atoms with van der Waals surface area (Å²) in [4.78, 5) is 0. The molecule has 17 heavy (non-hydrogen) atoms. The molecule has 0 aliphatic heterocycles. The molecule has 98 valence electrons. The van der Waals surface area contributed by atoms with Crippen LogP contribution < -0.4 is 4.57 Å². The summed E-state index contributed by atoms with van der Waals surface area (Å²) < 4.78 is 29.2. The van der Waals surface area contributed by atoms with Crippen molar-refractivity contribution in [2.24, 2.45) is 7.05 Å². The van der Waals surface area contributed by atoms with Crippen LogP contribution in [-0.4, -0.2) is 22.8 Å². The minimum atomic E-state index is -3.97. The Kier molecular flexibility index (Phi) is 4.71. The monoisotopic (exact) mass is 321 g/mol. The fourth-order valence-corrected chi connectivity index (χ4v) is 2.81. The lowest BCUT2D eigenvalue weighted by Gasteiger charge is -2.09. The van der Waals surface area contributed by atoms with Crippen molar-refractivity contribution in [2.75, 3.05) is 6.61 Å². The molecule has 0 radical (unpaired) electrons. The molecule has 1 aromatic heterocycles. The lowest BCUT2D eigenvalue weighted by Crippen LogP contribution is -2.34. The first-order valence-electron chi connectivity index (χ1n) is 4.70. The number of hydrogen-bond acceptors (Lipinski definition) is 3. The van der Waals surface area contributed by atoms with Crippen molar-refractivity contribution in [1.82, 2.24) is 3.97 Å². The molecule has 0 bridgehead atoms. The van der Waals surface area contributed by atoms with E-state index in [1.165, 1.54) is 6.20 Å². The molecular formula is C8H12Cl3N2O3S+. The Labute approximate surface area is 115 Å². The number of aromatic nitrogens is 2. The molecule has 0 aliphatic rings. The zero-order valence-electron chi connectivity index (χ0n) is 9.23. The molecule has 1 rings (SSSR count).